The highest BCUT2D eigenvalue weighted by molar-refractivity contribution is 4.83. The van der Waals surface area contributed by atoms with Crippen molar-refractivity contribution in [3.8, 4) is 0 Å². The first kappa shape index (κ1) is 14.7. The monoisotopic (exact) mass is 214 g/mol. The first-order chi connectivity index (χ1) is 7.26. The van der Waals surface area contributed by atoms with Gasteiger partial charge in [-0.15, -0.1) is 6.58 Å². The number of rotatable bonds is 10. The van der Waals surface area contributed by atoms with Gasteiger partial charge in [-0.05, 0) is 6.42 Å². The first-order valence-electron chi connectivity index (χ1n) is 6.17. The maximum absolute atomic E-state index is 9.68. The zero-order chi connectivity index (χ0) is 11.5. The van der Waals surface area contributed by atoms with E-state index < -0.39 is 6.10 Å². The van der Waals surface area contributed by atoms with Gasteiger partial charge in [0.25, 0.3) is 0 Å². The van der Waals surface area contributed by atoms with Crippen LogP contribution in [0, 0.1) is 5.92 Å². The van der Waals surface area contributed by atoms with Gasteiger partial charge < -0.3 is 10.2 Å². The third-order valence-electron chi connectivity index (χ3n) is 2.86. The molecule has 2 atom stereocenters. The Bertz CT molecular complexity index is 145. The summed E-state index contributed by atoms with van der Waals surface area (Å²) in [5.41, 5.74) is 0. The van der Waals surface area contributed by atoms with Crippen molar-refractivity contribution in [3.63, 3.8) is 0 Å². The van der Waals surface area contributed by atoms with Crippen LogP contribution in [0.3, 0.4) is 0 Å². The molecule has 0 rings (SSSR count). The summed E-state index contributed by atoms with van der Waals surface area (Å²) >= 11 is 0. The molecule has 0 aliphatic heterocycles. The lowest BCUT2D eigenvalue weighted by atomic mass is 9.97. The van der Waals surface area contributed by atoms with Gasteiger partial charge in [0.05, 0.1) is 12.7 Å². The minimum absolute atomic E-state index is 0.000497. The van der Waals surface area contributed by atoms with Crippen molar-refractivity contribution in [2.24, 2.45) is 5.92 Å². The molecule has 0 bridgehead atoms. The van der Waals surface area contributed by atoms with Crippen molar-refractivity contribution < 1.29 is 10.2 Å². The highest BCUT2D eigenvalue weighted by Crippen LogP contribution is 2.14. The largest absolute Gasteiger partial charge is 0.396 e. The quantitative estimate of drug-likeness (QED) is 0.433. The Balaban J connectivity index is 3.37. The topological polar surface area (TPSA) is 40.5 Å². The molecular formula is C13H26O2. The second-order valence-electron chi connectivity index (χ2n) is 4.21. The number of aliphatic hydroxyl groups excluding tert-OH is 2. The molecule has 0 aliphatic carbocycles. The normalized spacial score (nSPS) is 14.9. The molecule has 0 unspecified atom stereocenters. The van der Waals surface area contributed by atoms with E-state index in [9.17, 15) is 5.11 Å². The minimum Gasteiger partial charge on any atom is -0.396 e. The fraction of sp³-hybridized carbons (Fsp3) is 0.846. The van der Waals surface area contributed by atoms with Crippen LogP contribution in [0.25, 0.3) is 0 Å². The van der Waals surface area contributed by atoms with Gasteiger partial charge in [-0.25, -0.2) is 0 Å². The maximum Gasteiger partial charge on any atom is 0.0624 e. The van der Waals surface area contributed by atoms with Gasteiger partial charge in [-0.3, -0.25) is 0 Å². The molecular weight excluding hydrogens is 188 g/mol. The Morgan fingerprint density at radius 1 is 1.13 bits per heavy atom. The predicted molar refractivity (Wildman–Crippen MR) is 64.8 cm³/mol. The van der Waals surface area contributed by atoms with Crippen molar-refractivity contribution in [1.82, 2.24) is 0 Å². The summed E-state index contributed by atoms with van der Waals surface area (Å²) in [6.07, 6.45) is 9.39. The van der Waals surface area contributed by atoms with Crippen LogP contribution in [-0.2, 0) is 0 Å². The fourth-order valence-electron chi connectivity index (χ4n) is 1.70. The van der Waals surface area contributed by atoms with Crippen molar-refractivity contribution in [3.05, 3.63) is 12.7 Å². The van der Waals surface area contributed by atoms with Crippen molar-refractivity contribution in [2.45, 2.75) is 58.0 Å². The Hall–Kier alpha value is -0.340. The summed E-state index contributed by atoms with van der Waals surface area (Å²) in [5.74, 6) is -0.152. The highest BCUT2D eigenvalue weighted by atomic mass is 16.3. The van der Waals surface area contributed by atoms with Crippen molar-refractivity contribution in [2.75, 3.05) is 6.61 Å². The average molecular weight is 214 g/mol. The smallest absolute Gasteiger partial charge is 0.0624 e. The van der Waals surface area contributed by atoms with E-state index in [-0.39, 0.29) is 12.5 Å². The number of hydrogen-bond donors (Lipinski definition) is 2. The molecule has 0 fully saturated rings. The van der Waals surface area contributed by atoms with Crippen LogP contribution < -0.4 is 0 Å². The average Bonchev–Trinajstić information content (AvgIpc) is 2.25. The highest BCUT2D eigenvalue weighted by Gasteiger charge is 2.13. The second kappa shape index (κ2) is 10.2. The van der Waals surface area contributed by atoms with E-state index >= 15 is 0 Å². The summed E-state index contributed by atoms with van der Waals surface area (Å²) in [5, 5.41) is 18.6. The molecule has 2 heteroatoms. The van der Waals surface area contributed by atoms with Gasteiger partial charge in [-0.1, -0.05) is 51.5 Å². The molecule has 0 amide bonds. The predicted octanol–water partition coefficient (Wildman–Crippen LogP) is 2.89. The van der Waals surface area contributed by atoms with Crippen LogP contribution >= 0.6 is 0 Å². The number of aliphatic hydroxyl groups is 2. The molecule has 2 N–H and O–H groups in total. The van der Waals surface area contributed by atoms with Gasteiger partial charge >= 0.3 is 0 Å². The third kappa shape index (κ3) is 7.57. The molecule has 90 valence electrons. The van der Waals surface area contributed by atoms with E-state index in [1.807, 2.05) is 0 Å². The SMILES string of the molecule is C=C[C@H](CO)[C@H](O)CCCCCCCC. The first-order valence-corrected chi connectivity index (χ1v) is 6.17. The standard InChI is InChI=1S/C13H26O2/c1-3-5-6-7-8-9-10-13(15)12(4-2)11-14/h4,12-15H,2-3,5-11H2,1H3/t12-,13-/m1/s1. The lowest BCUT2D eigenvalue weighted by molar-refractivity contribution is 0.0826. The maximum atomic E-state index is 9.68. The number of hydrogen-bond acceptors (Lipinski definition) is 2. The Morgan fingerprint density at radius 2 is 1.73 bits per heavy atom. The van der Waals surface area contributed by atoms with Crippen LogP contribution in [0.15, 0.2) is 12.7 Å². The zero-order valence-corrected chi connectivity index (χ0v) is 9.99. The van der Waals surface area contributed by atoms with E-state index in [1.165, 1.54) is 32.1 Å². The summed E-state index contributed by atoms with van der Waals surface area (Å²) in [6.45, 7) is 5.81. The van der Waals surface area contributed by atoms with E-state index in [0.717, 1.165) is 12.8 Å². The Kier molecular flexibility index (Phi) is 9.96. The zero-order valence-electron chi connectivity index (χ0n) is 9.99. The molecule has 0 saturated heterocycles. The lowest BCUT2D eigenvalue weighted by Crippen LogP contribution is -2.21. The van der Waals surface area contributed by atoms with Crippen LogP contribution in [0.1, 0.15) is 51.9 Å². The molecule has 2 nitrogen and oxygen atoms in total. The van der Waals surface area contributed by atoms with Crippen molar-refractivity contribution >= 4 is 0 Å². The molecule has 0 heterocycles. The molecule has 0 spiro atoms. The van der Waals surface area contributed by atoms with Crippen molar-refractivity contribution in [1.29, 1.82) is 0 Å². The number of unbranched alkanes of at least 4 members (excludes halogenated alkanes) is 5. The van der Waals surface area contributed by atoms with Crippen LogP contribution in [0.5, 0.6) is 0 Å². The molecule has 0 aromatic carbocycles. The van der Waals surface area contributed by atoms with Gasteiger partial charge in [0.2, 0.25) is 0 Å². The van der Waals surface area contributed by atoms with E-state index in [1.54, 1.807) is 6.08 Å². The van der Waals surface area contributed by atoms with Gasteiger partial charge in [-0.2, -0.15) is 0 Å². The second-order valence-corrected chi connectivity index (χ2v) is 4.21. The Morgan fingerprint density at radius 3 is 2.27 bits per heavy atom. The summed E-state index contributed by atoms with van der Waals surface area (Å²) < 4.78 is 0. The van der Waals surface area contributed by atoms with E-state index in [0.29, 0.717) is 0 Å². The lowest BCUT2D eigenvalue weighted by Gasteiger charge is -2.16. The van der Waals surface area contributed by atoms with Gasteiger partial charge in [0.15, 0.2) is 0 Å². The fourth-order valence-corrected chi connectivity index (χ4v) is 1.70. The molecule has 15 heavy (non-hydrogen) atoms. The minimum atomic E-state index is -0.418. The molecule has 0 saturated carbocycles. The van der Waals surface area contributed by atoms with E-state index in [4.69, 9.17) is 5.11 Å². The van der Waals surface area contributed by atoms with Crippen LogP contribution in [0.4, 0.5) is 0 Å². The van der Waals surface area contributed by atoms with Crippen LogP contribution in [0.2, 0.25) is 0 Å². The molecule has 0 radical (unpaired) electrons. The van der Waals surface area contributed by atoms with Gasteiger partial charge in [0.1, 0.15) is 0 Å². The summed E-state index contributed by atoms with van der Waals surface area (Å²) in [4.78, 5) is 0. The van der Waals surface area contributed by atoms with Crippen LogP contribution in [-0.4, -0.2) is 22.9 Å². The van der Waals surface area contributed by atoms with Gasteiger partial charge in [0, 0.05) is 5.92 Å². The van der Waals surface area contributed by atoms with E-state index in [2.05, 4.69) is 13.5 Å². The Labute approximate surface area is 94.0 Å². The summed E-state index contributed by atoms with van der Waals surface area (Å²) in [6, 6.07) is 0. The third-order valence-corrected chi connectivity index (χ3v) is 2.86. The molecule has 0 aromatic heterocycles. The molecule has 0 aromatic rings. The summed E-state index contributed by atoms with van der Waals surface area (Å²) in [7, 11) is 0. The molecule has 0 aliphatic rings.